The van der Waals surface area contributed by atoms with Gasteiger partial charge in [0.15, 0.2) is 0 Å². The minimum absolute atomic E-state index is 0.598. The van der Waals surface area contributed by atoms with Crippen molar-refractivity contribution < 1.29 is 0 Å². The van der Waals surface area contributed by atoms with Gasteiger partial charge in [0.25, 0.3) is 0 Å². The standard InChI is InChI=1S/C19H23N/c1-15(2)16-10-12-18(13-11-16)20-14-6-5-8-17-7-3-4-9-19(17)20/h3-4,7,9-13,15H,5-6,8,14H2,1-2H3. The molecule has 1 aliphatic heterocycles. The van der Waals surface area contributed by atoms with E-state index in [1.165, 1.54) is 41.8 Å². The van der Waals surface area contributed by atoms with Gasteiger partial charge in [0.2, 0.25) is 0 Å². The van der Waals surface area contributed by atoms with Crippen LogP contribution in [0.2, 0.25) is 0 Å². The van der Waals surface area contributed by atoms with Crippen molar-refractivity contribution in [1.29, 1.82) is 0 Å². The fraction of sp³-hybridized carbons (Fsp3) is 0.368. The molecule has 0 aliphatic carbocycles. The molecule has 1 aliphatic rings. The van der Waals surface area contributed by atoms with E-state index in [-0.39, 0.29) is 0 Å². The van der Waals surface area contributed by atoms with Crippen molar-refractivity contribution in [2.45, 2.75) is 39.0 Å². The molecule has 1 nitrogen and oxygen atoms in total. The third kappa shape index (κ3) is 2.58. The maximum absolute atomic E-state index is 2.48. The van der Waals surface area contributed by atoms with Crippen molar-refractivity contribution in [3.8, 4) is 0 Å². The average molecular weight is 265 g/mol. The highest BCUT2D eigenvalue weighted by atomic mass is 15.1. The summed E-state index contributed by atoms with van der Waals surface area (Å²) in [5.41, 5.74) is 5.61. The summed E-state index contributed by atoms with van der Waals surface area (Å²) in [4.78, 5) is 2.48. The van der Waals surface area contributed by atoms with E-state index in [9.17, 15) is 0 Å². The fourth-order valence-electron chi connectivity index (χ4n) is 3.00. The van der Waals surface area contributed by atoms with Crippen molar-refractivity contribution in [1.82, 2.24) is 0 Å². The molecule has 1 heterocycles. The Labute approximate surface area is 122 Å². The molecule has 0 saturated heterocycles. The van der Waals surface area contributed by atoms with E-state index < -0.39 is 0 Å². The van der Waals surface area contributed by atoms with Crippen LogP contribution in [0.15, 0.2) is 48.5 Å². The maximum atomic E-state index is 2.48. The SMILES string of the molecule is CC(C)c1ccc(N2CCCCc3ccccc32)cc1. The molecule has 3 rings (SSSR count). The largest absolute Gasteiger partial charge is 0.341 e. The van der Waals surface area contributed by atoms with Crippen molar-refractivity contribution in [2.75, 3.05) is 11.4 Å². The molecule has 20 heavy (non-hydrogen) atoms. The van der Waals surface area contributed by atoms with Crippen LogP contribution in [0.4, 0.5) is 11.4 Å². The molecule has 0 fully saturated rings. The van der Waals surface area contributed by atoms with E-state index in [2.05, 4.69) is 67.3 Å². The number of fused-ring (bicyclic) bond motifs is 1. The van der Waals surface area contributed by atoms with Gasteiger partial charge in [-0.05, 0) is 54.5 Å². The summed E-state index contributed by atoms with van der Waals surface area (Å²) in [6, 6.07) is 17.9. The summed E-state index contributed by atoms with van der Waals surface area (Å²) in [5.74, 6) is 0.598. The molecule has 2 aromatic carbocycles. The fourth-order valence-corrected chi connectivity index (χ4v) is 3.00. The summed E-state index contributed by atoms with van der Waals surface area (Å²) < 4.78 is 0. The second kappa shape index (κ2) is 5.70. The van der Waals surface area contributed by atoms with E-state index in [4.69, 9.17) is 0 Å². The van der Waals surface area contributed by atoms with Crippen LogP contribution in [0.5, 0.6) is 0 Å². The lowest BCUT2D eigenvalue weighted by atomic mass is 10.0. The van der Waals surface area contributed by atoms with Gasteiger partial charge in [-0.25, -0.2) is 0 Å². The zero-order valence-electron chi connectivity index (χ0n) is 12.5. The van der Waals surface area contributed by atoms with Crippen LogP contribution in [0.1, 0.15) is 43.7 Å². The first-order chi connectivity index (χ1) is 9.75. The predicted octanol–water partition coefficient (Wildman–Crippen LogP) is 5.28. The summed E-state index contributed by atoms with van der Waals surface area (Å²) >= 11 is 0. The van der Waals surface area contributed by atoms with Crippen LogP contribution < -0.4 is 4.90 Å². The van der Waals surface area contributed by atoms with E-state index in [1.54, 1.807) is 0 Å². The maximum Gasteiger partial charge on any atom is 0.0443 e. The number of anilines is 2. The number of nitrogens with zero attached hydrogens (tertiary/aromatic N) is 1. The lowest BCUT2D eigenvalue weighted by molar-refractivity contribution is 0.761. The van der Waals surface area contributed by atoms with Gasteiger partial charge in [-0.2, -0.15) is 0 Å². The Morgan fingerprint density at radius 2 is 1.65 bits per heavy atom. The molecule has 2 aromatic rings. The molecule has 0 spiro atoms. The monoisotopic (exact) mass is 265 g/mol. The third-order valence-corrected chi connectivity index (χ3v) is 4.23. The molecule has 0 bridgehead atoms. The first-order valence-corrected chi connectivity index (χ1v) is 7.71. The van der Waals surface area contributed by atoms with Crippen molar-refractivity contribution in [3.05, 3.63) is 59.7 Å². The van der Waals surface area contributed by atoms with E-state index in [0.29, 0.717) is 5.92 Å². The van der Waals surface area contributed by atoms with E-state index in [0.717, 1.165) is 6.54 Å². The Morgan fingerprint density at radius 3 is 2.40 bits per heavy atom. The van der Waals surface area contributed by atoms with Crippen LogP contribution in [-0.2, 0) is 6.42 Å². The van der Waals surface area contributed by atoms with Crippen molar-refractivity contribution >= 4 is 11.4 Å². The Bertz CT molecular complexity index is 569. The quantitative estimate of drug-likeness (QED) is 0.713. The van der Waals surface area contributed by atoms with Gasteiger partial charge >= 0.3 is 0 Å². The Morgan fingerprint density at radius 1 is 0.900 bits per heavy atom. The van der Waals surface area contributed by atoms with Crippen LogP contribution in [0, 0.1) is 0 Å². The molecular weight excluding hydrogens is 242 g/mol. The van der Waals surface area contributed by atoms with Gasteiger partial charge < -0.3 is 4.90 Å². The minimum atomic E-state index is 0.598. The number of aryl methyl sites for hydroxylation is 1. The van der Waals surface area contributed by atoms with E-state index in [1.807, 2.05) is 0 Å². The van der Waals surface area contributed by atoms with Gasteiger partial charge in [-0.3, -0.25) is 0 Å². The highest BCUT2D eigenvalue weighted by molar-refractivity contribution is 5.67. The first kappa shape index (κ1) is 13.2. The first-order valence-electron chi connectivity index (χ1n) is 7.71. The highest BCUT2D eigenvalue weighted by Crippen LogP contribution is 2.33. The minimum Gasteiger partial charge on any atom is -0.341 e. The Hall–Kier alpha value is -1.76. The molecule has 0 N–H and O–H groups in total. The molecule has 0 atom stereocenters. The molecule has 0 amide bonds. The molecule has 104 valence electrons. The van der Waals surface area contributed by atoms with Gasteiger partial charge in [0.05, 0.1) is 0 Å². The van der Waals surface area contributed by atoms with Gasteiger partial charge in [0.1, 0.15) is 0 Å². The van der Waals surface area contributed by atoms with Gasteiger partial charge in [0, 0.05) is 17.9 Å². The number of para-hydroxylation sites is 1. The topological polar surface area (TPSA) is 3.24 Å². The van der Waals surface area contributed by atoms with Crippen LogP contribution in [-0.4, -0.2) is 6.54 Å². The summed E-state index contributed by atoms with van der Waals surface area (Å²) in [7, 11) is 0. The molecule has 1 heteroatoms. The van der Waals surface area contributed by atoms with Crippen LogP contribution >= 0.6 is 0 Å². The van der Waals surface area contributed by atoms with E-state index >= 15 is 0 Å². The summed E-state index contributed by atoms with van der Waals surface area (Å²) in [5, 5.41) is 0. The predicted molar refractivity (Wildman–Crippen MR) is 86.9 cm³/mol. The summed E-state index contributed by atoms with van der Waals surface area (Å²) in [6.07, 6.45) is 3.76. The van der Waals surface area contributed by atoms with Gasteiger partial charge in [-0.15, -0.1) is 0 Å². The Balaban J connectivity index is 1.97. The number of benzene rings is 2. The lowest BCUT2D eigenvalue weighted by Gasteiger charge is -2.25. The van der Waals surface area contributed by atoms with Crippen LogP contribution in [0.25, 0.3) is 0 Å². The normalized spacial score (nSPS) is 15.1. The highest BCUT2D eigenvalue weighted by Gasteiger charge is 2.16. The number of hydrogen-bond donors (Lipinski definition) is 0. The number of rotatable bonds is 2. The average Bonchev–Trinajstić information content (AvgIpc) is 2.69. The van der Waals surface area contributed by atoms with Gasteiger partial charge in [-0.1, -0.05) is 44.2 Å². The lowest BCUT2D eigenvalue weighted by Crippen LogP contribution is -2.17. The second-order valence-corrected chi connectivity index (χ2v) is 5.98. The molecule has 0 unspecified atom stereocenters. The molecule has 0 radical (unpaired) electrons. The van der Waals surface area contributed by atoms with Crippen LogP contribution in [0.3, 0.4) is 0 Å². The van der Waals surface area contributed by atoms with Crippen molar-refractivity contribution in [2.24, 2.45) is 0 Å². The number of hydrogen-bond acceptors (Lipinski definition) is 1. The van der Waals surface area contributed by atoms with Crippen molar-refractivity contribution in [3.63, 3.8) is 0 Å². The summed E-state index contributed by atoms with van der Waals surface area (Å²) in [6.45, 7) is 5.62. The zero-order valence-corrected chi connectivity index (χ0v) is 12.5. The molecular formula is C19H23N. The third-order valence-electron chi connectivity index (χ3n) is 4.23. The smallest absolute Gasteiger partial charge is 0.0443 e. The zero-order chi connectivity index (χ0) is 13.9. The molecule has 0 saturated carbocycles. The molecule has 0 aromatic heterocycles. The second-order valence-electron chi connectivity index (χ2n) is 5.98. The Kier molecular flexibility index (Phi) is 3.77.